The van der Waals surface area contributed by atoms with E-state index < -0.39 is 4.92 Å². The summed E-state index contributed by atoms with van der Waals surface area (Å²) in [6.45, 7) is 3.57. The molecule has 1 fully saturated rings. The first-order valence-corrected chi connectivity index (χ1v) is 6.60. The van der Waals surface area contributed by atoms with Crippen LogP contribution in [-0.2, 0) is 4.74 Å². The van der Waals surface area contributed by atoms with Gasteiger partial charge in [-0.05, 0) is 25.7 Å². The van der Waals surface area contributed by atoms with E-state index in [-0.39, 0.29) is 16.9 Å². The number of rotatable bonds is 4. The molecule has 0 amide bonds. The molecule has 0 aliphatic carbocycles. The van der Waals surface area contributed by atoms with Crippen molar-refractivity contribution in [3.05, 3.63) is 27.4 Å². The summed E-state index contributed by atoms with van der Waals surface area (Å²) in [5.41, 5.74) is -0.0540. The molecule has 0 spiro atoms. The van der Waals surface area contributed by atoms with Gasteiger partial charge in [0.1, 0.15) is 11.0 Å². The molecule has 1 unspecified atom stereocenters. The maximum absolute atomic E-state index is 10.8. The van der Waals surface area contributed by atoms with Crippen LogP contribution < -0.4 is 5.32 Å². The van der Waals surface area contributed by atoms with Crippen LogP contribution in [-0.4, -0.2) is 29.2 Å². The van der Waals surface area contributed by atoms with Crippen LogP contribution in [0.4, 0.5) is 11.5 Å². The van der Waals surface area contributed by atoms with Crippen LogP contribution in [0.3, 0.4) is 0 Å². The van der Waals surface area contributed by atoms with Crippen molar-refractivity contribution >= 4 is 23.1 Å². The highest BCUT2D eigenvalue weighted by atomic mass is 35.5. The van der Waals surface area contributed by atoms with Crippen molar-refractivity contribution in [3.8, 4) is 0 Å². The molecule has 0 aromatic carbocycles. The normalized spacial score (nSPS) is 18.0. The van der Waals surface area contributed by atoms with E-state index in [1.165, 1.54) is 12.1 Å². The van der Waals surface area contributed by atoms with Gasteiger partial charge in [0, 0.05) is 19.3 Å². The van der Waals surface area contributed by atoms with E-state index in [0.717, 1.165) is 26.1 Å². The van der Waals surface area contributed by atoms with Crippen molar-refractivity contribution in [1.29, 1.82) is 0 Å². The Kier molecular flexibility index (Phi) is 4.55. The van der Waals surface area contributed by atoms with E-state index in [9.17, 15) is 10.1 Å². The summed E-state index contributed by atoms with van der Waals surface area (Å²) >= 11 is 5.79. The van der Waals surface area contributed by atoms with E-state index >= 15 is 0 Å². The Morgan fingerprint density at radius 2 is 2.21 bits per heavy atom. The van der Waals surface area contributed by atoms with Crippen LogP contribution in [0.15, 0.2) is 12.1 Å². The molecule has 104 valence electrons. The minimum Gasteiger partial charge on any atom is -0.381 e. The first-order chi connectivity index (χ1) is 9.06. The van der Waals surface area contributed by atoms with Gasteiger partial charge in [-0.3, -0.25) is 10.1 Å². The van der Waals surface area contributed by atoms with Gasteiger partial charge in [-0.15, -0.1) is 0 Å². The van der Waals surface area contributed by atoms with Crippen molar-refractivity contribution in [2.75, 3.05) is 18.5 Å². The first kappa shape index (κ1) is 14.0. The van der Waals surface area contributed by atoms with Crippen molar-refractivity contribution in [3.63, 3.8) is 0 Å². The maximum Gasteiger partial charge on any atom is 0.276 e. The molecule has 1 aromatic rings. The molecular weight excluding hydrogens is 270 g/mol. The van der Waals surface area contributed by atoms with Gasteiger partial charge in [0.15, 0.2) is 0 Å². The standard InChI is InChI=1S/C12H16ClN3O3/c1-8(9-2-4-19-5-3-9)14-12-7-10(16(17)18)6-11(13)15-12/h6-9H,2-5H2,1H3,(H,14,15). The zero-order valence-electron chi connectivity index (χ0n) is 10.6. The Balaban J connectivity index is 2.07. The van der Waals surface area contributed by atoms with Crippen LogP contribution in [0.1, 0.15) is 19.8 Å². The number of hydrogen-bond donors (Lipinski definition) is 1. The van der Waals surface area contributed by atoms with Crippen molar-refractivity contribution in [2.45, 2.75) is 25.8 Å². The zero-order chi connectivity index (χ0) is 13.8. The fraction of sp³-hybridized carbons (Fsp3) is 0.583. The third-order valence-corrected chi connectivity index (χ3v) is 3.53. The lowest BCUT2D eigenvalue weighted by atomic mass is 9.93. The maximum atomic E-state index is 10.8. The van der Waals surface area contributed by atoms with E-state index in [1.54, 1.807) is 0 Å². The lowest BCUT2D eigenvalue weighted by Crippen LogP contribution is -2.31. The van der Waals surface area contributed by atoms with Gasteiger partial charge in [0.2, 0.25) is 0 Å². The highest BCUT2D eigenvalue weighted by molar-refractivity contribution is 6.29. The van der Waals surface area contributed by atoms with Crippen molar-refractivity contribution < 1.29 is 9.66 Å². The molecule has 1 aliphatic rings. The molecule has 2 rings (SSSR count). The predicted octanol–water partition coefficient (Wildman–Crippen LogP) is 2.87. The van der Waals surface area contributed by atoms with Gasteiger partial charge in [-0.1, -0.05) is 11.6 Å². The van der Waals surface area contributed by atoms with Crippen LogP contribution in [0.2, 0.25) is 5.15 Å². The van der Waals surface area contributed by atoms with Crippen molar-refractivity contribution in [1.82, 2.24) is 4.98 Å². The summed E-state index contributed by atoms with van der Waals surface area (Å²) in [4.78, 5) is 14.4. The molecular formula is C12H16ClN3O3. The molecule has 0 bridgehead atoms. The molecule has 1 aromatic heterocycles. The summed E-state index contributed by atoms with van der Waals surface area (Å²) in [7, 11) is 0. The number of hydrogen-bond acceptors (Lipinski definition) is 5. The van der Waals surface area contributed by atoms with Crippen LogP contribution >= 0.6 is 11.6 Å². The second-order valence-electron chi connectivity index (χ2n) is 4.67. The molecule has 1 atom stereocenters. The first-order valence-electron chi connectivity index (χ1n) is 6.22. The predicted molar refractivity (Wildman–Crippen MR) is 72.5 cm³/mol. The van der Waals surface area contributed by atoms with Crippen LogP contribution in [0.5, 0.6) is 0 Å². The largest absolute Gasteiger partial charge is 0.381 e. The molecule has 1 saturated heterocycles. The molecule has 1 N–H and O–H groups in total. The fourth-order valence-corrected chi connectivity index (χ4v) is 2.43. The van der Waals surface area contributed by atoms with Gasteiger partial charge >= 0.3 is 0 Å². The molecule has 7 heteroatoms. The lowest BCUT2D eigenvalue weighted by molar-refractivity contribution is -0.384. The quantitative estimate of drug-likeness (QED) is 0.523. The Labute approximate surface area is 116 Å². The summed E-state index contributed by atoms with van der Waals surface area (Å²) in [6, 6.07) is 2.82. The molecule has 0 saturated carbocycles. The van der Waals surface area contributed by atoms with Gasteiger partial charge in [0.25, 0.3) is 5.69 Å². The van der Waals surface area contributed by atoms with Crippen molar-refractivity contribution in [2.24, 2.45) is 5.92 Å². The van der Waals surface area contributed by atoms with Gasteiger partial charge in [-0.2, -0.15) is 0 Å². The van der Waals surface area contributed by atoms with E-state index in [0.29, 0.717) is 11.7 Å². The molecule has 1 aliphatic heterocycles. The number of nitrogens with zero attached hydrogens (tertiary/aromatic N) is 2. The average Bonchev–Trinajstić information content (AvgIpc) is 2.39. The van der Waals surface area contributed by atoms with Gasteiger partial charge in [-0.25, -0.2) is 4.98 Å². The fourth-order valence-electron chi connectivity index (χ4n) is 2.23. The summed E-state index contributed by atoms with van der Waals surface area (Å²) in [6.07, 6.45) is 1.97. The smallest absolute Gasteiger partial charge is 0.276 e. The Morgan fingerprint density at radius 1 is 1.53 bits per heavy atom. The van der Waals surface area contributed by atoms with Gasteiger partial charge in [0.05, 0.1) is 17.1 Å². The number of nitro groups is 1. The minimum absolute atomic E-state index is 0.0540. The molecule has 19 heavy (non-hydrogen) atoms. The number of ether oxygens (including phenoxy) is 1. The number of aromatic nitrogens is 1. The van der Waals surface area contributed by atoms with Gasteiger partial charge < -0.3 is 10.1 Å². The highest BCUT2D eigenvalue weighted by Gasteiger charge is 2.21. The monoisotopic (exact) mass is 285 g/mol. The number of nitrogens with one attached hydrogen (secondary N) is 1. The van der Waals surface area contributed by atoms with E-state index in [1.807, 2.05) is 6.92 Å². The minimum atomic E-state index is -0.474. The average molecular weight is 286 g/mol. The third kappa shape index (κ3) is 3.78. The summed E-state index contributed by atoms with van der Waals surface area (Å²) in [5.74, 6) is 0.923. The zero-order valence-corrected chi connectivity index (χ0v) is 11.4. The van der Waals surface area contributed by atoms with Crippen LogP contribution in [0, 0.1) is 16.0 Å². The second-order valence-corrected chi connectivity index (χ2v) is 5.06. The Morgan fingerprint density at radius 3 is 2.84 bits per heavy atom. The SMILES string of the molecule is CC(Nc1cc([N+](=O)[O-])cc(Cl)n1)C1CCOCC1. The lowest BCUT2D eigenvalue weighted by Gasteiger charge is -2.28. The third-order valence-electron chi connectivity index (χ3n) is 3.34. The second kappa shape index (κ2) is 6.16. The topological polar surface area (TPSA) is 77.3 Å². The van der Waals surface area contributed by atoms with Crippen LogP contribution in [0.25, 0.3) is 0 Å². The molecule has 2 heterocycles. The molecule has 6 nitrogen and oxygen atoms in total. The number of anilines is 1. The Bertz CT molecular complexity index is 464. The number of pyridine rings is 1. The Hall–Kier alpha value is -1.40. The van der Waals surface area contributed by atoms with E-state index in [2.05, 4.69) is 10.3 Å². The summed E-state index contributed by atoms with van der Waals surface area (Å²) in [5, 5.41) is 14.1. The summed E-state index contributed by atoms with van der Waals surface area (Å²) < 4.78 is 5.32. The molecule has 0 radical (unpaired) electrons. The highest BCUT2D eigenvalue weighted by Crippen LogP contribution is 2.24. The number of halogens is 1. The van der Waals surface area contributed by atoms with E-state index in [4.69, 9.17) is 16.3 Å².